The van der Waals surface area contributed by atoms with Gasteiger partial charge in [0.1, 0.15) is 0 Å². The largest absolute Gasteiger partial charge is 0.378 e. The minimum atomic E-state index is 0.375. The van der Waals surface area contributed by atoms with Gasteiger partial charge in [0.25, 0.3) is 0 Å². The molecule has 3 atom stereocenters. The van der Waals surface area contributed by atoms with Crippen molar-refractivity contribution in [2.75, 3.05) is 13.2 Å². The molecule has 2 heterocycles. The highest BCUT2D eigenvalue weighted by atomic mass is 16.5. The Morgan fingerprint density at radius 2 is 2.26 bits per heavy atom. The van der Waals surface area contributed by atoms with Gasteiger partial charge in [-0.3, -0.25) is 4.98 Å². The second kappa shape index (κ2) is 7.01. The molecule has 1 aliphatic heterocycles. The number of hydrogen-bond acceptors (Lipinski definition) is 3. The highest BCUT2D eigenvalue weighted by molar-refractivity contribution is 5.21. The first kappa shape index (κ1) is 14.5. The van der Waals surface area contributed by atoms with E-state index >= 15 is 0 Å². The Labute approximate surface area is 116 Å². The predicted molar refractivity (Wildman–Crippen MR) is 78.1 cm³/mol. The molecule has 1 aliphatic rings. The van der Waals surface area contributed by atoms with Gasteiger partial charge in [0, 0.05) is 31.0 Å². The summed E-state index contributed by atoms with van der Waals surface area (Å²) in [6.07, 6.45) is 7.70. The second-order valence-corrected chi connectivity index (χ2v) is 5.50. The molecule has 0 spiro atoms. The summed E-state index contributed by atoms with van der Waals surface area (Å²) < 4.78 is 5.87. The lowest BCUT2D eigenvalue weighted by Crippen LogP contribution is -2.33. The van der Waals surface area contributed by atoms with Crippen LogP contribution in [0.1, 0.15) is 50.3 Å². The van der Waals surface area contributed by atoms with Gasteiger partial charge < -0.3 is 10.1 Å². The van der Waals surface area contributed by atoms with Crippen LogP contribution in [0, 0.1) is 12.8 Å². The molecule has 2 rings (SSSR count). The van der Waals surface area contributed by atoms with E-state index in [0.29, 0.717) is 18.1 Å². The van der Waals surface area contributed by atoms with Crippen molar-refractivity contribution in [2.24, 2.45) is 5.92 Å². The fourth-order valence-electron chi connectivity index (χ4n) is 3.03. The van der Waals surface area contributed by atoms with Crippen LogP contribution in [-0.2, 0) is 4.74 Å². The molecule has 3 unspecified atom stereocenters. The number of rotatable bonds is 6. The normalized spacial score (nSPS) is 24.6. The summed E-state index contributed by atoms with van der Waals surface area (Å²) >= 11 is 0. The van der Waals surface area contributed by atoms with E-state index < -0.39 is 0 Å². The van der Waals surface area contributed by atoms with E-state index in [9.17, 15) is 0 Å². The van der Waals surface area contributed by atoms with E-state index in [0.717, 1.165) is 32.4 Å². The number of aryl methyl sites for hydroxylation is 1. The Morgan fingerprint density at radius 3 is 2.95 bits per heavy atom. The van der Waals surface area contributed by atoms with E-state index in [1.807, 2.05) is 12.4 Å². The lowest BCUT2D eigenvalue weighted by atomic mass is 9.87. The molecule has 0 aliphatic carbocycles. The predicted octanol–water partition coefficient (Wildman–Crippen LogP) is 3.25. The van der Waals surface area contributed by atoms with Gasteiger partial charge in [-0.1, -0.05) is 19.9 Å². The SMILES string of the molecule is CCCNC(c1cncc(C)c1)C1CCOC1CC. The monoisotopic (exact) mass is 262 g/mol. The first-order chi connectivity index (χ1) is 9.26. The third-order valence-electron chi connectivity index (χ3n) is 3.96. The summed E-state index contributed by atoms with van der Waals surface area (Å²) in [4.78, 5) is 4.35. The van der Waals surface area contributed by atoms with E-state index in [-0.39, 0.29) is 0 Å². The summed E-state index contributed by atoms with van der Waals surface area (Å²) in [5.41, 5.74) is 2.54. The molecule has 1 N–H and O–H groups in total. The summed E-state index contributed by atoms with van der Waals surface area (Å²) in [5.74, 6) is 0.570. The van der Waals surface area contributed by atoms with Crippen LogP contribution in [0.25, 0.3) is 0 Å². The summed E-state index contributed by atoms with van der Waals surface area (Å²) in [5, 5.41) is 3.70. The molecule has 106 valence electrons. The van der Waals surface area contributed by atoms with Gasteiger partial charge in [-0.2, -0.15) is 0 Å². The van der Waals surface area contributed by atoms with Crippen LogP contribution in [0.2, 0.25) is 0 Å². The topological polar surface area (TPSA) is 34.2 Å². The lowest BCUT2D eigenvalue weighted by molar-refractivity contribution is 0.0773. The Kier molecular flexibility index (Phi) is 5.34. The molecule has 1 aromatic rings. The molecule has 0 aromatic carbocycles. The minimum absolute atomic E-state index is 0.375. The third kappa shape index (κ3) is 3.54. The first-order valence-electron chi connectivity index (χ1n) is 7.52. The number of ether oxygens (including phenoxy) is 1. The van der Waals surface area contributed by atoms with E-state index in [4.69, 9.17) is 4.74 Å². The molecule has 1 fully saturated rings. The maximum atomic E-state index is 5.87. The van der Waals surface area contributed by atoms with Gasteiger partial charge in [-0.15, -0.1) is 0 Å². The average molecular weight is 262 g/mol. The number of nitrogens with zero attached hydrogens (tertiary/aromatic N) is 1. The summed E-state index contributed by atoms with van der Waals surface area (Å²) in [7, 11) is 0. The number of nitrogens with one attached hydrogen (secondary N) is 1. The maximum Gasteiger partial charge on any atom is 0.0619 e. The molecule has 19 heavy (non-hydrogen) atoms. The molecule has 0 amide bonds. The van der Waals surface area contributed by atoms with Crippen LogP contribution >= 0.6 is 0 Å². The van der Waals surface area contributed by atoms with Gasteiger partial charge >= 0.3 is 0 Å². The molecule has 1 saturated heterocycles. The Morgan fingerprint density at radius 1 is 1.42 bits per heavy atom. The number of hydrogen-bond donors (Lipinski definition) is 1. The van der Waals surface area contributed by atoms with Crippen molar-refractivity contribution in [3.05, 3.63) is 29.6 Å². The Balaban J connectivity index is 2.19. The van der Waals surface area contributed by atoms with Crippen molar-refractivity contribution in [3.8, 4) is 0 Å². The first-order valence-corrected chi connectivity index (χ1v) is 7.52. The smallest absolute Gasteiger partial charge is 0.0619 e. The summed E-state index contributed by atoms with van der Waals surface area (Å²) in [6.45, 7) is 8.48. The van der Waals surface area contributed by atoms with Crippen LogP contribution in [0.15, 0.2) is 18.5 Å². The average Bonchev–Trinajstić information content (AvgIpc) is 2.88. The van der Waals surface area contributed by atoms with Crippen molar-refractivity contribution in [3.63, 3.8) is 0 Å². The molecule has 0 bridgehead atoms. The zero-order chi connectivity index (χ0) is 13.7. The highest BCUT2D eigenvalue weighted by Crippen LogP contribution is 2.34. The van der Waals surface area contributed by atoms with Crippen LogP contribution < -0.4 is 5.32 Å². The van der Waals surface area contributed by atoms with Gasteiger partial charge in [0.05, 0.1) is 6.10 Å². The van der Waals surface area contributed by atoms with Crippen LogP contribution in [0.3, 0.4) is 0 Å². The highest BCUT2D eigenvalue weighted by Gasteiger charge is 2.34. The zero-order valence-electron chi connectivity index (χ0n) is 12.4. The molecule has 1 aromatic heterocycles. The maximum absolute atomic E-state index is 5.87. The van der Waals surface area contributed by atoms with Crippen LogP contribution in [0.5, 0.6) is 0 Å². The quantitative estimate of drug-likeness (QED) is 0.854. The van der Waals surface area contributed by atoms with Gasteiger partial charge in [0.2, 0.25) is 0 Å². The fraction of sp³-hybridized carbons (Fsp3) is 0.688. The zero-order valence-corrected chi connectivity index (χ0v) is 12.4. The van der Waals surface area contributed by atoms with Crippen LogP contribution in [0.4, 0.5) is 0 Å². The van der Waals surface area contributed by atoms with Crippen molar-refractivity contribution in [1.29, 1.82) is 0 Å². The van der Waals surface area contributed by atoms with Crippen molar-refractivity contribution >= 4 is 0 Å². The van der Waals surface area contributed by atoms with Crippen molar-refractivity contribution in [1.82, 2.24) is 10.3 Å². The standard InChI is InChI=1S/C16H26N2O/c1-4-7-18-16(13-9-12(3)10-17-11-13)14-6-8-19-15(14)5-2/h9-11,14-16,18H,4-8H2,1-3H3. The number of aromatic nitrogens is 1. The summed E-state index contributed by atoms with van der Waals surface area (Å²) in [6, 6.07) is 2.63. The molecule has 0 radical (unpaired) electrons. The van der Waals surface area contributed by atoms with Gasteiger partial charge in [-0.25, -0.2) is 0 Å². The van der Waals surface area contributed by atoms with Crippen molar-refractivity contribution in [2.45, 2.75) is 52.2 Å². The van der Waals surface area contributed by atoms with Crippen LogP contribution in [-0.4, -0.2) is 24.2 Å². The van der Waals surface area contributed by atoms with E-state index in [2.05, 4.69) is 37.1 Å². The van der Waals surface area contributed by atoms with Gasteiger partial charge in [0.15, 0.2) is 0 Å². The lowest BCUT2D eigenvalue weighted by Gasteiger charge is -2.28. The second-order valence-electron chi connectivity index (χ2n) is 5.50. The van der Waals surface area contributed by atoms with Gasteiger partial charge in [-0.05, 0) is 43.9 Å². The van der Waals surface area contributed by atoms with E-state index in [1.54, 1.807) is 0 Å². The third-order valence-corrected chi connectivity index (χ3v) is 3.96. The number of pyridine rings is 1. The van der Waals surface area contributed by atoms with Crippen molar-refractivity contribution < 1.29 is 4.74 Å². The molecular formula is C16H26N2O. The fourth-order valence-corrected chi connectivity index (χ4v) is 3.03. The molecule has 3 heteroatoms. The molecular weight excluding hydrogens is 236 g/mol. The minimum Gasteiger partial charge on any atom is -0.378 e. The Hall–Kier alpha value is -0.930. The molecule has 3 nitrogen and oxygen atoms in total. The Bertz CT molecular complexity index is 394. The molecule has 0 saturated carbocycles. The van der Waals surface area contributed by atoms with E-state index in [1.165, 1.54) is 11.1 Å².